The topological polar surface area (TPSA) is 143 Å². The summed E-state index contributed by atoms with van der Waals surface area (Å²) in [7, 11) is -8.52. The first-order valence-electron chi connectivity index (χ1n) is 5.62. The van der Waals surface area contributed by atoms with Gasteiger partial charge in [-0.1, -0.05) is 0 Å². The molecule has 0 aromatic heterocycles. The zero-order valence-electron chi connectivity index (χ0n) is 11.6. The van der Waals surface area contributed by atoms with Crippen LogP contribution in [0, 0.1) is 0 Å². The van der Waals surface area contributed by atoms with Gasteiger partial charge >= 0.3 is 29.6 Å². The highest BCUT2D eigenvalue weighted by Gasteiger charge is 2.20. The van der Waals surface area contributed by atoms with Crippen molar-refractivity contribution in [1.82, 2.24) is 5.06 Å². The Morgan fingerprint density at radius 1 is 0.773 bits per heavy atom. The third-order valence-corrected chi connectivity index (χ3v) is 1.50. The highest BCUT2D eigenvalue weighted by atomic mass is 19.1. The second kappa shape index (κ2) is 18.7. The molecule has 1 aliphatic rings. The molecule has 0 aliphatic carbocycles. The van der Waals surface area contributed by atoms with Gasteiger partial charge in [-0.2, -0.15) is 0 Å². The predicted octanol–water partition coefficient (Wildman–Crippen LogP) is -2.61. The van der Waals surface area contributed by atoms with Crippen molar-refractivity contribution < 1.29 is 56.8 Å². The zero-order valence-corrected chi connectivity index (χ0v) is 11.6. The van der Waals surface area contributed by atoms with Gasteiger partial charge in [0.05, 0.1) is 0 Å². The summed E-state index contributed by atoms with van der Waals surface area (Å²) in [4.78, 5) is 0. The molecule has 0 amide bonds. The van der Waals surface area contributed by atoms with E-state index < -0.39 is 29.6 Å². The SMILES string of the molecule is COB(O)F.OB(F)ON1CCCC1.OB(O)F.OB(O)F. The van der Waals surface area contributed by atoms with Crippen LogP contribution in [0.15, 0.2) is 0 Å². The third kappa shape index (κ3) is 42.7. The predicted molar refractivity (Wildman–Crippen MR) is 69.7 cm³/mol. The lowest BCUT2D eigenvalue weighted by Gasteiger charge is -2.12. The lowest BCUT2D eigenvalue weighted by Crippen LogP contribution is -2.27. The van der Waals surface area contributed by atoms with Gasteiger partial charge in [-0.3, -0.25) is 22.0 Å². The van der Waals surface area contributed by atoms with Crippen LogP contribution >= 0.6 is 0 Å². The molecular formula is C5H17B4F4NO8. The van der Waals surface area contributed by atoms with Crippen LogP contribution in [-0.2, 0) is 9.41 Å². The Balaban J connectivity index is -0.000000240. The van der Waals surface area contributed by atoms with Crippen LogP contribution in [0.4, 0.5) is 17.3 Å². The van der Waals surface area contributed by atoms with Crippen molar-refractivity contribution in [1.29, 1.82) is 0 Å². The maximum atomic E-state index is 11.6. The molecule has 130 valence electrons. The lowest BCUT2D eigenvalue weighted by molar-refractivity contribution is -0.0668. The highest BCUT2D eigenvalue weighted by Crippen LogP contribution is 2.07. The second-order valence-corrected chi connectivity index (χ2v) is 3.18. The molecule has 1 rings (SSSR count). The number of hydrogen-bond donors (Lipinski definition) is 6. The Morgan fingerprint density at radius 3 is 1.23 bits per heavy atom. The van der Waals surface area contributed by atoms with Crippen LogP contribution in [0.1, 0.15) is 12.8 Å². The molecule has 1 fully saturated rings. The normalized spacial score (nSPS) is 12.7. The van der Waals surface area contributed by atoms with Gasteiger partial charge in [-0.25, -0.2) is 5.06 Å². The number of nitrogens with zero attached hydrogens (tertiary/aromatic N) is 1. The summed E-state index contributed by atoms with van der Waals surface area (Å²) < 4.78 is 50.6. The van der Waals surface area contributed by atoms with Crippen LogP contribution in [-0.4, -0.2) is 85.0 Å². The molecule has 22 heavy (non-hydrogen) atoms. The molecule has 17 heteroatoms. The first-order chi connectivity index (χ1) is 10.0. The van der Waals surface area contributed by atoms with E-state index in [1.807, 2.05) is 0 Å². The van der Waals surface area contributed by atoms with Gasteiger partial charge in [0.1, 0.15) is 0 Å². The van der Waals surface area contributed by atoms with Crippen molar-refractivity contribution >= 4 is 29.6 Å². The van der Waals surface area contributed by atoms with Crippen LogP contribution in [0.2, 0.25) is 0 Å². The van der Waals surface area contributed by atoms with Crippen molar-refractivity contribution in [3.63, 3.8) is 0 Å². The van der Waals surface area contributed by atoms with Crippen LogP contribution in [0.3, 0.4) is 0 Å². The summed E-state index contributed by atoms with van der Waals surface area (Å²) >= 11 is 0. The highest BCUT2D eigenvalue weighted by molar-refractivity contribution is 6.33. The van der Waals surface area contributed by atoms with E-state index in [0.29, 0.717) is 0 Å². The fourth-order valence-electron chi connectivity index (χ4n) is 0.917. The Hall–Kier alpha value is -0.380. The fourth-order valence-corrected chi connectivity index (χ4v) is 0.917. The third-order valence-electron chi connectivity index (χ3n) is 1.50. The van der Waals surface area contributed by atoms with Crippen molar-refractivity contribution in [2.75, 3.05) is 20.2 Å². The Labute approximate surface area is 125 Å². The van der Waals surface area contributed by atoms with Crippen LogP contribution in [0.5, 0.6) is 0 Å². The van der Waals surface area contributed by atoms with Gasteiger partial charge in [0, 0.05) is 20.2 Å². The molecule has 0 bridgehead atoms. The number of rotatable bonds is 3. The fraction of sp³-hybridized carbons (Fsp3) is 1.00. The summed E-state index contributed by atoms with van der Waals surface area (Å²) in [5.41, 5.74) is 0. The van der Waals surface area contributed by atoms with E-state index in [9.17, 15) is 17.3 Å². The minimum atomic E-state index is -2.67. The summed E-state index contributed by atoms with van der Waals surface area (Å²) in [5, 5.41) is 44.8. The molecule has 0 aromatic rings. The summed E-state index contributed by atoms with van der Waals surface area (Å²) in [6, 6.07) is 0. The minimum absolute atomic E-state index is 0.723. The molecule has 0 radical (unpaired) electrons. The molecule has 6 N–H and O–H groups in total. The van der Waals surface area contributed by atoms with Crippen LogP contribution in [0.25, 0.3) is 0 Å². The Morgan fingerprint density at radius 2 is 1.05 bits per heavy atom. The van der Waals surface area contributed by atoms with E-state index in [1.54, 1.807) is 0 Å². The molecule has 1 heterocycles. The molecule has 1 aliphatic heterocycles. The average molecular weight is 338 g/mol. The summed E-state index contributed by atoms with van der Waals surface area (Å²) in [6.07, 6.45) is 2.04. The van der Waals surface area contributed by atoms with Gasteiger partial charge in [0.15, 0.2) is 0 Å². The molecule has 9 nitrogen and oxygen atoms in total. The first kappa shape index (κ1) is 26.5. The quantitative estimate of drug-likeness (QED) is 0.241. The van der Waals surface area contributed by atoms with Gasteiger partial charge in [0.2, 0.25) is 0 Å². The first-order valence-corrected chi connectivity index (χ1v) is 5.62. The maximum Gasteiger partial charge on any atom is 0.695 e. The minimum Gasteiger partial charge on any atom is -0.398 e. The molecule has 0 aromatic carbocycles. The number of halogens is 4. The Bertz CT molecular complexity index is 205. The van der Waals surface area contributed by atoms with Gasteiger partial charge in [0.25, 0.3) is 0 Å². The largest absolute Gasteiger partial charge is 0.695 e. The zero-order chi connectivity index (χ0) is 18.1. The van der Waals surface area contributed by atoms with E-state index in [0.717, 1.165) is 33.0 Å². The lowest BCUT2D eigenvalue weighted by atomic mass is 10.3. The smallest absolute Gasteiger partial charge is 0.398 e. The van der Waals surface area contributed by atoms with E-state index >= 15 is 0 Å². The molecule has 0 saturated carbocycles. The summed E-state index contributed by atoms with van der Waals surface area (Å²) in [6.45, 7) is 1.45. The van der Waals surface area contributed by atoms with E-state index in [1.165, 1.54) is 5.06 Å². The average Bonchev–Trinajstić information content (AvgIpc) is 2.80. The van der Waals surface area contributed by atoms with E-state index in [-0.39, 0.29) is 0 Å². The molecule has 0 unspecified atom stereocenters. The van der Waals surface area contributed by atoms with Crippen molar-refractivity contribution in [3.8, 4) is 0 Å². The van der Waals surface area contributed by atoms with Crippen molar-refractivity contribution in [2.24, 2.45) is 0 Å². The monoisotopic (exact) mass is 339 g/mol. The molecule has 1 saturated heterocycles. The molecular weight excluding hydrogens is 321 g/mol. The maximum absolute atomic E-state index is 11.6. The standard InChI is InChI=1S/C4H9BFNO2.CH4BFO2.2BFH2O2/c6-5(8)9-7-3-1-2-4-7;1-5-2(3)4;2*2-1(3)4/h8H,1-4H2;4H,1H3;2*3-4H. The van der Waals surface area contributed by atoms with Gasteiger partial charge in [-0.05, 0) is 12.8 Å². The van der Waals surface area contributed by atoms with Crippen molar-refractivity contribution in [2.45, 2.75) is 12.8 Å². The van der Waals surface area contributed by atoms with Gasteiger partial charge < -0.3 is 34.8 Å². The van der Waals surface area contributed by atoms with E-state index in [4.69, 9.17) is 30.1 Å². The second-order valence-electron chi connectivity index (χ2n) is 3.18. The number of hydroxylamine groups is 2. The van der Waals surface area contributed by atoms with Gasteiger partial charge in [-0.15, -0.1) is 0 Å². The number of hydrogen-bond acceptors (Lipinski definition) is 9. The molecule has 0 atom stereocenters. The Kier molecular flexibility index (Phi) is 22.5. The van der Waals surface area contributed by atoms with E-state index in [2.05, 4.69) is 9.41 Å². The van der Waals surface area contributed by atoms with Crippen molar-refractivity contribution in [3.05, 3.63) is 0 Å². The molecule has 0 spiro atoms. The van der Waals surface area contributed by atoms with Crippen LogP contribution < -0.4 is 0 Å². The summed E-state index contributed by atoms with van der Waals surface area (Å²) in [5.74, 6) is 0.